The van der Waals surface area contributed by atoms with Crippen molar-refractivity contribution in [3.8, 4) is 0 Å². The number of amides is 1. The predicted molar refractivity (Wildman–Crippen MR) is 112 cm³/mol. The Hall–Kier alpha value is -3.60. The molecule has 0 atom stereocenters. The van der Waals surface area contributed by atoms with Gasteiger partial charge in [0.05, 0.1) is 17.5 Å². The molecule has 0 saturated carbocycles. The van der Waals surface area contributed by atoms with Crippen molar-refractivity contribution in [1.29, 1.82) is 0 Å². The van der Waals surface area contributed by atoms with Crippen molar-refractivity contribution < 1.29 is 4.79 Å². The van der Waals surface area contributed by atoms with Crippen LogP contribution in [-0.4, -0.2) is 26.2 Å². The first kappa shape index (κ1) is 18.2. The monoisotopic (exact) mass is 358 g/mol. The van der Waals surface area contributed by atoms with Crippen molar-refractivity contribution in [2.75, 3.05) is 24.3 Å². The van der Waals surface area contributed by atoms with Gasteiger partial charge in [0.1, 0.15) is 0 Å². The summed E-state index contributed by atoms with van der Waals surface area (Å²) in [7, 11) is 3.98. The van der Waals surface area contributed by atoms with Crippen LogP contribution in [0.1, 0.15) is 15.9 Å². The second-order valence-corrected chi connectivity index (χ2v) is 6.22. The maximum absolute atomic E-state index is 12.5. The molecule has 5 heteroatoms. The first-order chi connectivity index (χ1) is 13.1. The highest BCUT2D eigenvalue weighted by Gasteiger charge is 2.10. The van der Waals surface area contributed by atoms with Crippen LogP contribution >= 0.6 is 0 Å². The number of hydrogen-bond acceptors (Lipinski definition) is 4. The summed E-state index contributed by atoms with van der Waals surface area (Å²) >= 11 is 0. The summed E-state index contributed by atoms with van der Waals surface area (Å²) in [5.74, 6) is -0.268. The molecule has 0 spiro atoms. The highest BCUT2D eigenvalue weighted by Crippen LogP contribution is 2.20. The van der Waals surface area contributed by atoms with Crippen molar-refractivity contribution in [1.82, 2.24) is 5.43 Å². The molecule has 136 valence electrons. The van der Waals surface area contributed by atoms with Crippen LogP contribution in [0.4, 0.5) is 17.1 Å². The molecule has 1 amide bonds. The second-order valence-electron chi connectivity index (χ2n) is 6.22. The average molecular weight is 358 g/mol. The van der Waals surface area contributed by atoms with Crippen molar-refractivity contribution in [3.63, 3.8) is 0 Å². The van der Waals surface area contributed by atoms with Crippen LogP contribution in [0.3, 0.4) is 0 Å². The predicted octanol–water partition coefficient (Wildman–Crippen LogP) is 4.26. The second kappa shape index (κ2) is 8.67. The van der Waals surface area contributed by atoms with Gasteiger partial charge in [0, 0.05) is 25.5 Å². The van der Waals surface area contributed by atoms with Gasteiger partial charge < -0.3 is 10.2 Å². The molecule has 0 unspecified atom stereocenters. The Morgan fingerprint density at radius 3 is 2.26 bits per heavy atom. The quantitative estimate of drug-likeness (QED) is 0.511. The first-order valence-corrected chi connectivity index (χ1v) is 8.65. The standard InChI is InChI=1S/C22H22N4O/c1-26(2)19-14-12-17(13-15-19)16-23-25-22(27)20-10-6-7-11-21(20)24-18-8-4-3-5-9-18/h3-16,24H,1-2H3,(H,25,27). The molecule has 3 rings (SSSR count). The largest absolute Gasteiger partial charge is 0.378 e. The average Bonchev–Trinajstić information content (AvgIpc) is 2.69. The maximum Gasteiger partial charge on any atom is 0.273 e. The topological polar surface area (TPSA) is 56.7 Å². The molecule has 0 radical (unpaired) electrons. The van der Waals surface area contributed by atoms with Crippen LogP contribution in [0.5, 0.6) is 0 Å². The van der Waals surface area contributed by atoms with E-state index >= 15 is 0 Å². The fraction of sp³-hybridized carbons (Fsp3) is 0.0909. The van der Waals surface area contributed by atoms with E-state index in [0.717, 1.165) is 22.6 Å². The van der Waals surface area contributed by atoms with Gasteiger partial charge in [-0.05, 0) is 42.0 Å². The summed E-state index contributed by atoms with van der Waals surface area (Å²) in [6.07, 6.45) is 1.63. The van der Waals surface area contributed by atoms with Crippen LogP contribution in [0, 0.1) is 0 Å². The molecule has 3 aromatic carbocycles. The Balaban J connectivity index is 1.67. The van der Waals surface area contributed by atoms with Gasteiger partial charge in [0.25, 0.3) is 5.91 Å². The van der Waals surface area contributed by atoms with Crippen molar-refractivity contribution in [2.24, 2.45) is 5.10 Å². The smallest absolute Gasteiger partial charge is 0.273 e. The normalized spacial score (nSPS) is 10.6. The van der Waals surface area contributed by atoms with Crippen LogP contribution in [-0.2, 0) is 0 Å². The van der Waals surface area contributed by atoms with Crippen molar-refractivity contribution in [3.05, 3.63) is 90.0 Å². The number of carbonyl (C=O) groups excluding carboxylic acids is 1. The molecule has 3 aromatic rings. The molecule has 27 heavy (non-hydrogen) atoms. The third-order valence-electron chi connectivity index (χ3n) is 4.01. The van der Waals surface area contributed by atoms with E-state index in [4.69, 9.17) is 0 Å². The molecule has 0 fully saturated rings. The van der Waals surface area contributed by atoms with E-state index in [0.29, 0.717) is 5.56 Å². The number of para-hydroxylation sites is 2. The summed E-state index contributed by atoms with van der Waals surface area (Å²) in [6, 6.07) is 25.0. The van der Waals surface area contributed by atoms with Gasteiger partial charge in [-0.1, -0.05) is 42.5 Å². The van der Waals surface area contributed by atoms with E-state index in [1.54, 1.807) is 12.3 Å². The molecule has 0 saturated heterocycles. The van der Waals surface area contributed by atoms with Crippen LogP contribution in [0.15, 0.2) is 84.0 Å². The van der Waals surface area contributed by atoms with E-state index in [2.05, 4.69) is 15.8 Å². The van der Waals surface area contributed by atoms with Crippen molar-refractivity contribution >= 4 is 29.2 Å². The Bertz CT molecular complexity index is 919. The number of rotatable bonds is 6. The fourth-order valence-electron chi connectivity index (χ4n) is 2.55. The molecule has 0 aliphatic carbocycles. The zero-order valence-corrected chi connectivity index (χ0v) is 15.4. The SMILES string of the molecule is CN(C)c1ccc(C=NNC(=O)c2ccccc2Nc2ccccc2)cc1. The zero-order chi connectivity index (χ0) is 19.1. The first-order valence-electron chi connectivity index (χ1n) is 8.65. The Kier molecular flexibility index (Phi) is 5.84. The fourth-order valence-corrected chi connectivity index (χ4v) is 2.55. The molecule has 0 bridgehead atoms. The van der Waals surface area contributed by atoms with E-state index < -0.39 is 0 Å². The number of hydrogen-bond donors (Lipinski definition) is 2. The number of benzene rings is 3. The molecule has 0 aliphatic heterocycles. The minimum absolute atomic E-state index is 0.268. The molecule has 0 aromatic heterocycles. The van der Waals surface area contributed by atoms with Crippen LogP contribution in [0.2, 0.25) is 0 Å². The maximum atomic E-state index is 12.5. The van der Waals surface area contributed by atoms with Gasteiger partial charge in [-0.25, -0.2) is 5.43 Å². The summed E-state index contributed by atoms with van der Waals surface area (Å²) in [5.41, 5.74) is 6.79. The lowest BCUT2D eigenvalue weighted by Gasteiger charge is -2.12. The van der Waals surface area contributed by atoms with Gasteiger partial charge in [0.15, 0.2) is 0 Å². The van der Waals surface area contributed by atoms with E-state index in [9.17, 15) is 4.79 Å². The summed E-state index contributed by atoms with van der Waals surface area (Å²) in [6.45, 7) is 0. The van der Waals surface area contributed by atoms with Gasteiger partial charge in [-0.15, -0.1) is 0 Å². The minimum atomic E-state index is -0.268. The molecule has 2 N–H and O–H groups in total. The third kappa shape index (κ3) is 4.95. The molecular weight excluding hydrogens is 336 g/mol. The lowest BCUT2D eigenvalue weighted by Crippen LogP contribution is -2.19. The molecule has 5 nitrogen and oxygen atoms in total. The highest BCUT2D eigenvalue weighted by atomic mass is 16.2. The van der Waals surface area contributed by atoms with Gasteiger partial charge in [-0.3, -0.25) is 4.79 Å². The Morgan fingerprint density at radius 2 is 1.56 bits per heavy atom. The number of nitrogens with zero attached hydrogens (tertiary/aromatic N) is 2. The molecule has 0 heterocycles. The zero-order valence-electron chi connectivity index (χ0n) is 15.4. The number of nitrogens with one attached hydrogen (secondary N) is 2. The summed E-state index contributed by atoms with van der Waals surface area (Å²) in [4.78, 5) is 14.5. The van der Waals surface area contributed by atoms with E-state index in [-0.39, 0.29) is 5.91 Å². The molecule has 0 aliphatic rings. The lowest BCUT2D eigenvalue weighted by molar-refractivity contribution is 0.0956. The lowest BCUT2D eigenvalue weighted by atomic mass is 10.1. The van der Waals surface area contributed by atoms with E-state index in [1.165, 1.54) is 0 Å². The van der Waals surface area contributed by atoms with Crippen LogP contribution < -0.4 is 15.6 Å². The third-order valence-corrected chi connectivity index (χ3v) is 4.01. The number of anilines is 3. The van der Waals surface area contributed by atoms with Gasteiger partial charge in [0.2, 0.25) is 0 Å². The number of hydrazone groups is 1. The van der Waals surface area contributed by atoms with Crippen molar-refractivity contribution in [2.45, 2.75) is 0 Å². The van der Waals surface area contributed by atoms with Gasteiger partial charge in [-0.2, -0.15) is 5.10 Å². The number of carbonyl (C=O) groups is 1. The van der Waals surface area contributed by atoms with E-state index in [1.807, 2.05) is 91.8 Å². The molecular formula is C22H22N4O. The Morgan fingerprint density at radius 1 is 0.889 bits per heavy atom. The Labute approximate surface area is 159 Å². The highest BCUT2D eigenvalue weighted by molar-refractivity contribution is 6.00. The van der Waals surface area contributed by atoms with Gasteiger partial charge >= 0.3 is 0 Å². The van der Waals surface area contributed by atoms with Crippen LogP contribution in [0.25, 0.3) is 0 Å². The summed E-state index contributed by atoms with van der Waals surface area (Å²) < 4.78 is 0. The minimum Gasteiger partial charge on any atom is -0.378 e. The summed E-state index contributed by atoms with van der Waals surface area (Å²) in [5, 5.41) is 7.34.